The Morgan fingerprint density at radius 2 is 2.22 bits per heavy atom. The molecule has 2 heterocycles. The second-order valence-corrected chi connectivity index (χ2v) is 6.77. The number of aromatic nitrogens is 2. The topological polar surface area (TPSA) is 52.2 Å². The number of halogens is 1. The number of nitrogens with zero attached hydrogens (tertiary/aromatic N) is 3. The summed E-state index contributed by atoms with van der Waals surface area (Å²) in [5.41, 5.74) is 0.949. The molecule has 1 aromatic carbocycles. The van der Waals surface area contributed by atoms with E-state index in [1.807, 2.05) is 4.90 Å². The number of hydrogen-bond donors (Lipinski definition) is 1. The Labute approximate surface area is 135 Å². The number of amides is 1. The molecular formula is C17H23FN4O. The molecule has 0 saturated carbocycles. The van der Waals surface area contributed by atoms with Gasteiger partial charge in [0.2, 0.25) is 0 Å². The molecule has 1 saturated heterocycles. The maximum Gasteiger partial charge on any atom is 0.257 e. The quantitative estimate of drug-likeness (QED) is 0.946. The standard InChI is InChI=1S/C17H23FN4O/c1-11(2)8-12-9-21(3)6-7-22(12)17(23)13-4-5-14-16(15(13)18)20-10-19-14/h4-5,10-12H,6-9H2,1-3H3,(H,19,20). The molecule has 5 nitrogen and oxygen atoms in total. The summed E-state index contributed by atoms with van der Waals surface area (Å²) >= 11 is 0. The highest BCUT2D eigenvalue weighted by molar-refractivity contribution is 5.98. The number of carbonyl (C=O) groups is 1. The molecule has 0 radical (unpaired) electrons. The number of carbonyl (C=O) groups excluding carboxylic acids is 1. The lowest BCUT2D eigenvalue weighted by Gasteiger charge is -2.41. The van der Waals surface area contributed by atoms with Gasteiger partial charge < -0.3 is 14.8 Å². The van der Waals surface area contributed by atoms with Gasteiger partial charge in [0.15, 0.2) is 5.82 Å². The summed E-state index contributed by atoms with van der Waals surface area (Å²) < 4.78 is 14.6. The zero-order valence-electron chi connectivity index (χ0n) is 13.8. The Balaban J connectivity index is 1.91. The van der Waals surface area contributed by atoms with Crippen LogP contribution in [-0.2, 0) is 0 Å². The maximum atomic E-state index is 14.6. The fourth-order valence-corrected chi connectivity index (χ4v) is 3.32. The van der Waals surface area contributed by atoms with E-state index in [1.165, 1.54) is 6.33 Å². The van der Waals surface area contributed by atoms with E-state index in [2.05, 4.69) is 35.8 Å². The molecule has 0 aliphatic carbocycles. The molecule has 124 valence electrons. The maximum absolute atomic E-state index is 14.6. The first-order valence-corrected chi connectivity index (χ1v) is 8.08. The second-order valence-electron chi connectivity index (χ2n) is 6.77. The van der Waals surface area contributed by atoms with Crippen molar-refractivity contribution in [2.75, 3.05) is 26.7 Å². The van der Waals surface area contributed by atoms with Crippen molar-refractivity contribution in [1.29, 1.82) is 0 Å². The highest BCUT2D eigenvalue weighted by Gasteiger charge is 2.31. The van der Waals surface area contributed by atoms with Gasteiger partial charge in [0.25, 0.3) is 5.91 Å². The van der Waals surface area contributed by atoms with Crippen LogP contribution in [0, 0.1) is 11.7 Å². The van der Waals surface area contributed by atoms with Gasteiger partial charge in [0.05, 0.1) is 17.4 Å². The molecule has 1 aromatic heterocycles. The summed E-state index contributed by atoms with van der Waals surface area (Å²) in [4.78, 5) is 23.8. The van der Waals surface area contributed by atoms with Crippen LogP contribution in [0.4, 0.5) is 4.39 Å². The van der Waals surface area contributed by atoms with Crippen LogP contribution in [0.1, 0.15) is 30.6 Å². The van der Waals surface area contributed by atoms with Crippen LogP contribution in [-0.4, -0.2) is 58.4 Å². The van der Waals surface area contributed by atoms with Gasteiger partial charge in [-0.05, 0) is 31.5 Å². The molecular weight excluding hydrogens is 295 g/mol. The van der Waals surface area contributed by atoms with E-state index in [0.29, 0.717) is 18.0 Å². The molecule has 1 unspecified atom stereocenters. The molecule has 1 N–H and O–H groups in total. The molecule has 23 heavy (non-hydrogen) atoms. The third kappa shape index (κ3) is 3.08. The summed E-state index contributed by atoms with van der Waals surface area (Å²) in [6, 6.07) is 3.39. The minimum absolute atomic E-state index is 0.114. The van der Waals surface area contributed by atoms with Gasteiger partial charge in [-0.2, -0.15) is 0 Å². The van der Waals surface area contributed by atoms with Gasteiger partial charge in [-0.3, -0.25) is 4.79 Å². The number of hydrogen-bond acceptors (Lipinski definition) is 3. The van der Waals surface area contributed by atoms with E-state index < -0.39 is 5.82 Å². The number of fused-ring (bicyclic) bond motifs is 1. The first kappa shape index (κ1) is 15.9. The monoisotopic (exact) mass is 318 g/mol. The third-order valence-electron chi connectivity index (χ3n) is 4.45. The zero-order chi connectivity index (χ0) is 16.6. The zero-order valence-corrected chi connectivity index (χ0v) is 13.8. The Morgan fingerprint density at radius 1 is 1.43 bits per heavy atom. The number of nitrogens with one attached hydrogen (secondary N) is 1. The Hall–Kier alpha value is -1.95. The van der Waals surface area contributed by atoms with Gasteiger partial charge in [-0.15, -0.1) is 0 Å². The number of rotatable bonds is 3. The summed E-state index contributed by atoms with van der Waals surface area (Å²) in [7, 11) is 2.06. The molecule has 1 fully saturated rings. The van der Waals surface area contributed by atoms with Gasteiger partial charge in [0, 0.05) is 25.7 Å². The highest BCUT2D eigenvalue weighted by Crippen LogP contribution is 2.23. The predicted octanol–water partition coefficient (Wildman–Crippen LogP) is 2.50. The third-order valence-corrected chi connectivity index (χ3v) is 4.45. The lowest BCUT2D eigenvalue weighted by atomic mass is 9.99. The molecule has 1 atom stereocenters. The average molecular weight is 318 g/mol. The molecule has 6 heteroatoms. The number of piperazine rings is 1. The molecule has 2 aromatic rings. The summed E-state index contributed by atoms with van der Waals surface area (Å²) in [6.45, 7) is 6.56. The van der Waals surface area contributed by atoms with E-state index >= 15 is 0 Å². The van der Waals surface area contributed by atoms with Crippen LogP contribution < -0.4 is 0 Å². The van der Waals surface area contributed by atoms with Crippen molar-refractivity contribution in [2.45, 2.75) is 26.3 Å². The lowest BCUT2D eigenvalue weighted by molar-refractivity contribution is 0.0456. The lowest BCUT2D eigenvalue weighted by Crippen LogP contribution is -2.54. The van der Waals surface area contributed by atoms with E-state index in [1.54, 1.807) is 12.1 Å². The van der Waals surface area contributed by atoms with Crippen molar-refractivity contribution in [2.24, 2.45) is 5.92 Å². The SMILES string of the molecule is CC(C)CC1CN(C)CCN1C(=O)c1ccc2[nH]cnc2c1F. The molecule has 0 spiro atoms. The van der Waals surface area contributed by atoms with Crippen LogP contribution in [0.25, 0.3) is 11.0 Å². The van der Waals surface area contributed by atoms with E-state index in [-0.39, 0.29) is 23.0 Å². The Kier molecular flexibility index (Phi) is 4.35. The van der Waals surface area contributed by atoms with Crippen LogP contribution in [0.3, 0.4) is 0 Å². The first-order chi connectivity index (χ1) is 11.0. The normalized spacial score (nSPS) is 19.7. The Morgan fingerprint density at radius 3 is 2.96 bits per heavy atom. The number of benzene rings is 1. The summed E-state index contributed by atoms with van der Waals surface area (Å²) in [5.74, 6) is -0.275. The molecule has 1 aliphatic heterocycles. The smallest absolute Gasteiger partial charge is 0.257 e. The van der Waals surface area contributed by atoms with Crippen molar-refractivity contribution in [3.8, 4) is 0 Å². The molecule has 1 amide bonds. The van der Waals surface area contributed by atoms with Crippen molar-refractivity contribution >= 4 is 16.9 Å². The van der Waals surface area contributed by atoms with Gasteiger partial charge in [0.1, 0.15) is 5.52 Å². The Bertz CT molecular complexity index is 710. The van der Waals surface area contributed by atoms with E-state index in [0.717, 1.165) is 19.5 Å². The van der Waals surface area contributed by atoms with Crippen LogP contribution in [0.2, 0.25) is 0 Å². The fraction of sp³-hybridized carbons (Fsp3) is 0.529. The van der Waals surface area contributed by atoms with Crippen molar-refractivity contribution in [3.05, 3.63) is 29.8 Å². The number of aromatic amines is 1. The average Bonchev–Trinajstić information content (AvgIpc) is 2.96. The van der Waals surface area contributed by atoms with Crippen LogP contribution in [0.5, 0.6) is 0 Å². The van der Waals surface area contributed by atoms with E-state index in [4.69, 9.17) is 0 Å². The van der Waals surface area contributed by atoms with Crippen LogP contribution in [0.15, 0.2) is 18.5 Å². The largest absolute Gasteiger partial charge is 0.345 e. The molecule has 3 rings (SSSR count). The van der Waals surface area contributed by atoms with E-state index in [9.17, 15) is 9.18 Å². The number of likely N-dealkylation sites (N-methyl/N-ethyl adjacent to an activating group) is 1. The van der Waals surface area contributed by atoms with Crippen LogP contribution >= 0.6 is 0 Å². The van der Waals surface area contributed by atoms with Crippen molar-refractivity contribution in [3.63, 3.8) is 0 Å². The minimum atomic E-state index is -0.532. The predicted molar refractivity (Wildman–Crippen MR) is 87.8 cm³/mol. The first-order valence-electron chi connectivity index (χ1n) is 8.08. The summed E-state index contributed by atoms with van der Waals surface area (Å²) in [6.07, 6.45) is 2.36. The minimum Gasteiger partial charge on any atom is -0.345 e. The fourth-order valence-electron chi connectivity index (χ4n) is 3.32. The highest BCUT2D eigenvalue weighted by atomic mass is 19.1. The van der Waals surface area contributed by atoms with Gasteiger partial charge in [-0.1, -0.05) is 13.8 Å². The summed E-state index contributed by atoms with van der Waals surface area (Å²) in [5, 5.41) is 0. The molecule has 0 bridgehead atoms. The van der Waals surface area contributed by atoms with Gasteiger partial charge in [-0.25, -0.2) is 9.37 Å². The molecule has 1 aliphatic rings. The number of H-pyrrole nitrogens is 1. The van der Waals surface area contributed by atoms with Gasteiger partial charge >= 0.3 is 0 Å². The van der Waals surface area contributed by atoms with Crippen molar-refractivity contribution in [1.82, 2.24) is 19.8 Å². The van der Waals surface area contributed by atoms with Crippen molar-refractivity contribution < 1.29 is 9.18 Å². The second kappa shape index (κ2) is 6.28. The number of imidazole rings is 1.